The van der Waals surface area contributed by atoms with Gasteiger partial charge in [-0.25, -0.2) is 4.79 Å². The van der Waals surface area contributed by atoms with Crippen LogP contribution in [0.15, 0.2) is 70.9 Å². The van der Waals surface area contributed by atoms with Crippen molar-refractivity contribution in [1.29, 1.82) is 0 Å². The molecule has 0 amide bonds. The largest absolute Gasteiger partial charge is 0.452 e. The van der Waals surface area contributed by atoms with Crippen LogP contribution in [0.2, 0.25) is 0 Å². The maximum absolute atomic E-state index is 12.8. The summed E-state index contributed by atoms with van der Waals surface area (Å²) >= 11 is 3.39. The zero-order valence-corrected chi connectivity index (χ0v) is 17.4. The molecule has 29 heavy (non-hydrogen) atoms. The van der Waals surface area contributed by atoms with Crippen molar-refractivity contribution in [2.24, 2.45) is 0 Å². The number of carbonyl (C=O) groups excluding carboxylic acids is 2. The maximum atomic E-state index is 12.8. The molecule has 0 fully saturated rings. The molecule has 1 heterocycles. The lowest BCUT2D eigenvalue weighted by atomic mass is 10.0. The number of fused-ring (bicyclic) bond motifs is 1. The Morgan fingerprint density at radius 1 is 1.00 bits per heavy atom. The van der Waals surface area contributed by atoms with E-state index in [0.29, 0.717) is 28.2 Å². The average molecular weight is 449 g/mol. The van der Waals surface area contributed by atoms with Gasteiger partial charge in [0.2, 0.25) is 5.78 Å². The van der Waals surface area contributed by atoms with Gasteiger partial charge in [0.1, 0.15) is 11.5 Å². The number of aryl methyl sites for hydroxylation is 2. The van der Waals surface area contributed by atoms with Crippen LogP contribution in [0.1, 0.15) is 37.4 Å². The molecule has 5 heteroatoms. The molecule has 1 aliphatic rings. The van der Waals surface area contributed by atoms with Crippen LogP contribution in [0, 0.1) is 13.8 Å². The minimum Gasteiger partial charge on any atom is -0.452 e. The first kappa shape index (κ1) is 19.2. The summed E-state index contributed by atoms with van der Waals surface area (Å²) in [5.74, 6) is 0.348. The van der Waals surface area contributed by atoms with E-state index >= 15 is 0 Å². The van der Waals surface area contributed by atoms with Gasteiger partial charge < -0.3 is 9.47 Å². The second kappa shape index (κ2) is 7.68. The number of ether oxygens (including phenoxy) is 2. The molecule has 3 aromatic carbocycles. The molecule has 3 aromatic rings. The third-order valence-corrected chi connectivity index (χ3v) is 5.22. The van der Waals surface area contributed by atoms with Gasteiger partial charge in [0.05, 0.1) is 11.1 Å². The standard InChI is InChI=1S/C24H17BrO4/c1-14-5-3-4-6-19(14)24(27)28-18-11-15(2)22-20(13-18)29-21(23(22)26)12-16-7-9-17(25)10-8-16/h3-13H,1-2H3/b21-12-. The van der Waals surface area contributed by atoms with Crippen LogP contribution < -0.4 is 9.47 Å². The Labute approximate surface area is 176 Å². The molecule has 0 unspecified atom stereocenters. The van der Waals surface area contributed by atoms with Crippen LogP contribution in [-0.2, 0) is 0 Å². The van der Waals surface area contributed by atoms with E-state index in [1.54, 1.807) is 37.3 Å². The highest BCUT2D eigenvalue weighted by Gasteiger charge is 2.30. The lowest BCUT2D eigenvalue weighted by Gasteiger charge is -2.09. The third-order valence-electron chi connectivity index (χ3n) is 4.69. The molecule has 4 rings (SSSR count). The molecule has 0 spiro atoms. The molecule has 144 valence electrons. The summed E-state index contributed by atoms with van der Waals surface area (Å²) in [6, 6.07) is 18.1. The SMILES string of the molecule is Cc1ccccc1C(=O)Oc1cc(C)c2c(c1)O/C(=C\c1ccc(Br)cc1)C2=O. The van der Waals surface area contributed by atoms with E-state index in [-0.39, 0.29) is 11.5 Å². The Kier molecular flexibility index (Phi) is 5.07. The second-order valence-corrected chi connectivity index (χ2v) is 7.72. The Morgan fingerprint density at radius 2 is 1.72 bits per heavy atom. The maximum Gasteiger partial charge on any atom is 0.343 e. The fourth-order valence-corrected chi connectivity index (χ4v) is 3.47. The van der Waals surface area contributed by atoms with Crippen LogP contribution in [0.25, 0.3) is 6.08 Å². The molecular weight excluding hydrogens is 432 g/mol. The summed E-state index contributed by atoms with van der Waals surface area (Å²) in [7, 11) is 0. The van der Waals surface area contributed by atoms with E-state index in [1.165, 1.54) is 0 Å². The summed E-state index contributed by atoms with van der Waals surface area (Å²) in [6.45, 7) is 3.65. The van der Waals surface area contributed by atoms with Crippen molar-refractivity contribution in [3.05, 3.63) is 98.7 Å². The van der Waals surface area contributed by atoms with Gasteiger partial charge in [0.15, 0.2) is 5.76 Å². The number of benzene rings is 3. The molecule has 0 saturated heterocycles. The minimum absolute atomic E-state index is 0.183. The van der Waals surface area contributed by atoms with E-state index in [4.69, 9.17) is 9.47 Å². The zero-order valence-electron chi connectivity index (χ0n) is 15.9. The molecule has 0 aromatic heterocycles. The van der Waals surface area contributed by atoms with E-state index in [0.717, 1.165) is 15.6 Å². The molecule has 0 atom stereocenters. The first-order valence-corrected chi connectivity index (χ1v) is 9.84. The predicted molar refractivity (Wildman–Crippen MR) is 114 cm³/mol. The van der Waals surface area contributed by atoms with Crippen LogP contribution >= 0.6 is 15.9 Å². The molecule has 0 aliphatic carbocycles. The normalized spacial score (nSPS) is 13.9. The molecule has 0 saturated carbocycles. The fraction of sp³-hybridized carbons (Fsp3) is 0.0833. The Hall–Kier alpha value is -3.18. The van der Waals surface area contributed by atoms with Crippen molar-refractivity contribution in [2.45, 2.75) is 13.8 Å². The van der Waals surface area contributed by atoms with Crippen LogP contribution in [0.3, 0.4) is 0 Å². The summed E-state index contributed by atoms with van der Waals surface area (Å²) in [6.07, 6.45) is 1.70. The number of rotatable bonds is 3. The molecule has 0 N–H and O–H groups in total. The Bertz CT molecular complexity index is 1160. The van der Waals surface area contributed by atoms with Gasteiger partial charge in [0, 0.05) is 10.5 Å². The van der Waals surface area contributed by atoms with Gasteiger partial charge in [-0.05, 0) is 60.9 Å². The van der Waals surface area contributed by atoms with E-state index in [9.17, 15) is 9.59 Å². The van der Waals surface area contributed by atoms with Crippen molar-refractivity contribution in [1.82, 2.24) is 0 Å². The number of ketones is 1. The highest BCUT2D eigenvalue weighted by atomic mass is 79.9. The number of carbonyl (C=O) groups is 2. The van der Waals surface area contributed by atoms with E-state index in [2.05, 4.69) is 15.9 Å². The minimum atomic E-state index is -0.447. The average Bonchev–Trinajstić information content (AvgIpc) is 2.99. The van der Waals surface area contributed by atoms with Crippen molar-refractivity contribution < 1.29 is 19.1 Å². The number of hydrogen-bond donors (Lipinski definition) is 0. The summed E-state index contributed by atoms with van der Waals surface area (Å²) in [5.41, 5.74) is 3.37. The number of esters is 1. The predicted octanol–water partition coefficient (Wildman–Crippen LogP) is 5.90. The first-order chi connectivity index (χ1) is 13.9. The molecule has 1 aliphatic heterocycles. The van der Waals surface area contributed by atoms with Gasteiger partial charge in [-0.15, -0.1) is 0 Å². The Morgan fingerprint density at radius 3 is 2.45 bits per heavy atom. The smallest absolute Gasteiger partial charge is 0.343 e. The molecule has 4 nitrogen and oxygen atoms in total. The second-order valence-electron chi connectivity index (χ2n) is 6.81. The highest BCUT2D eigenvalue weighted by molar-refractivity contribution is 9.10. The van der Waals surface area contributed by atoms with E-state index in [1.807, 2.05) is 43.3 Å². The highest BCUT2D eigenvalue weighted by Crippen LogP contribution is 2.37. The number of Topliss-reactive ketones (excluding diaryl/α,β-unsaturated/α-hetero) is 1. The van der Waals surface area contributed by atoms with Crippen LogP contribution in [0.4, 0.5) is 0 Å². The van der Waals surface area contributed by atoms with Gasteiger partial charge in [-0.2, -0.15) is 0 Å². The number of allylic oxidation sites excluding steroid dienone is 1. The third kappa shape index (κ3) is 3.87. The summed E-state index contributed by atoms with van der Waals surface area (Å²) < 4.78 is 12.3. The topological polar surface area (TPSA) is 52.6 Å². The van der Waals surface area contributed by atoms with Crippen LogP contribution in [0.5, 0.6) is 11.5 Å². The first-order valence-electron chi connectivity index (χ1n) is 9.04. The number of hydrogen-bond acceptors (Lipinski definition) is 4. The van der Waals surface area contributed by atoms with Gasteiger partial charge >= 0.3 is 5.97 Å². The number of halogens is 1. The van der Waals surface area contributed by atoms with Crippen molar-refractivity contribution in [2.75, 3.05) is 0 Å². The molecular formula is C24H17BrO4. The van der Waals surface area contributed by atoms with Crippen molar-refractivity contribution >= 4 is 33.8 Å². The lowest BCUT2D eigenvalue weighted by molar-refractivity contribution is 0.0733. The zero-order chi connectivity index (χ0) is 20.5. The van der Waals surface area contributed by atoms with Gasteiger partial charge in [0.25, 0.3) is 0 Å². The van der Waals surface area contributed by atoms with Crippen molar-refractivity contribution in [3.63, 3.8) is 0 Å². The fourth-order valence-electron chi connectivity index (χ4n) is 3.21. The Balaban J connectivity index is 1.62. The molecule has 0 radical (unpaired) electrons. The van der Waals surface area contributed by atoms with Crippen LogP contribution in [-0.4, -0.2) is 11.8 Å². The molecule has 0 bridgehead atoms. The summed E-state index contributed by atoms with van der Waals surface area (Å²) in [4.78, 5) is 25.3. The van der Waals surface area contributed by atoms with Crippen molar-refractivity contribution in [3.8, 4) is 11.5 Å². The van der Waals surface area contributed by atoms with E-state index < -0.39 is 5.97 Å². The van der Waals surface area contributed by atoms with Gasteiger partial charge in [-0.3, -0.25) is 4.79 Å². The monoisotopic (exact) mass is 448 g/mol. The quantitative estimate of drug-likeness (QED) is 0.284. The lowest BCUT2D eigenvalue weighted by Crippen LogP contribution is -2.10. The van der Waals surface area contributed by atoms with Gasteiger partial charge in [-0.1, -0.05) is 46.3 Å². The summed E-state index contributed by atoms with van der Waals surface area (Å²) in [5, 5.41) is 0.